The lowest BCUT2D eigenvalue weighted by Gasteiger charge is -2.41. The molecule has 3 aliphatic heterocycles. The topological polar surface area (TPSA) is 101 Å². The highest BCUT2D eigenvalue weighted by molar-refractivity contribution is 7.90. The molecule has 2 aliphatic carbocycles. The van der Waals surface area contributed by atoms with Gasteiger partial charge in [-0.3, -0.25) is 9.59 Å². The van der Waals surface area contributed by atoms with E-state index in [2.05, 4.69) is 38.3 Å². The lowest BCUT2D eigenvalue weighted by atomic mass is 9.81. The van der Waals surface area contributed by atoms with E-state index in [0.29, 0.717) is 30.9 Å². The summed E-state index contributed by atoms with van der Waals surface area (Å²) in [5.41, 5.74) is 5.44. The summed E-state index contributed by atoms with van der Waals surface area (Å²) in [5, 5.41) is 0.475. The number of piperazine rings is 1. The Morgan fingerprint density at radius 1 is 0.980 bits per heavy atom. The van der Waals surface area contributed by atoms with E-state index in [1.165, 1.54) is 30.4 Å². The third-order valence-electron chi connectivity index (χ3n) is 12.7. The van der Waals surface area contributed by atoms with Gasteiger partial charge in [0.05, 0.1) is 23.5 Å². The fourth-order valence-electron chi connectivity index (χ4n) is 10.1. The van der Waals surface area contributed by atoms with E-state index in [0.717, 1.165) is 73.1 Å². The molecule has 3 aromatic rings. The number of rotatable bonds is 8. The van der Waals surface area contributed by atoms with Crippen LogP contribution in [0.2, 0.25) is 0 Å². The van der Waals surface area contributed by atoms with Gasteiger partial charge >= 0.3 is 0 Å². The van der Waals surface area contributed by atoms with Crippen molar-refractivity contribution in [2.45, 2.75) is 114 Å². The molecule has 1 aromatic heterocycles. The van der Waals surface area contributed by atoms with Crippen LogP contribution in [-0.2, 0) is 21.4 Å². The molecule has 1 N–H and O–H groups in total. The van der Waals surface area contributed by atoms with Crippen LogP contribution < -0.4 is 9.46 Å². The molecule has 2 saturated heterocycles. The summed E-state index contributed by atoms with van der Waals surface area (Å²) in [5.74, 6) is 0.910. The van der Waals surface area contributed by atoms with Crippen molar-refractivity contribution in [3.8, 4) is 17.0 Å². The fraction of sp³-hybridized carbons (Fsp3) is 0.590. The number of benzene rings is 2. The van der Waals surface area contributed by atoms with Crippen molar-refractivity contribution in [3.63, 3.8) is 0 Å². The molecule has 2 unspecified atom stereocenters. The number of likely N-dealkylation sites (tertiary alicyclic amines) is 1. The van der Waals surface area contributed by atoms with Crippen molar-refractivity contribution in [1.82, 2.24) is 19.1 Å². The summed E-state index contributed by atoms with van der Waals surface area (Å²) in [4.78, 5) is 33.3. The predicted molar refractivity (Wildman–Crippen MR) is 191 cm³/mol. The number of methoxy groups -OCH3 is 1. The number of nitrogens with one attached hydrogen (secondary N) is 1. The molecule has 262 valence electrons. The van der Waals surface area contributed by atoms with Gasteiger partial charge in [0, 0.05) is 59.7 Å². The third-order valence-corrected chi connectivity index (χ3v) is 14.7. The maximum atomic E-state index is 15.0. The number of carbonyl (C=O) groups excluding carboxylic acids is 2. The van der Waals surface area contributed by atoms with Gasteiger partial charge in [-0.15, -0.1) is 0 Å². The van der Waals surface area contributed by atoms with E-state index < -0.39 is 26.6 Å². The molecule has 9 nitrogen and oxygen atoms in total. The zero-order valence-corrected chi connectivity index (χ0v) is 30.2. The molecule has 0 radical (unpaired) electrons. The Labute approximate surface area is 290 Å². The van der Waals surface area contributed by atoms with E-state index >= 15 is 4.79 Å². The quantitative estimate of drug-likeness (QED) is 0.294. The highest BCUT2D eigenvalue weighted by Crippen LogP contribution is 2.66. The van der Waals surface area contributed by atoms with Crippen LogP contribution in [0.4, 0.5) is 0 Å². The molecule has 2 amide bonds. The number of ether oxygens (including phenoxy) is 1. The lowest BCUT2D eigenvalue weighted by Crippen LogP contribution is -2.57. The molecule has 5 aliphatic rings. The number of likely N-dealkylation sites (N-methyl/N-ethyl adjacent to an activating group) is 1. The van der Waals surface area contributed by atoms with Crippen LogP contribution in [-0.4, -0.2) is 79.2 Å². The second kappa shape index (κ2) is 12.1. The van der Waals surface area contributed by atoms with Crippen molar-refractivity contribution < 1.29 is 22.7 Å². The average molecular weight is 687 g/mol. The van der Waals surface area contributed by atoms with E-state index in [-0.39, 0.29) is 23.9 Å². The molecule has 4 atom stereocenters. The minimum Gasteiger partial charge on any atom is -0.497 e. The van der Waals surface area contributed by atoms with E-state index in [1.807, 2.05) is 32.0 Å². The molecule has 8 rings (SSSR count). The van der Waals surface area contributed by atoms with Crippen LogP contribution in [0.15, 0.2) is 36.4 Å². The van der Waals surface area contributed by atoms with Crippen molar-refractivity contribution in [3.05, 3.63) is 53.1 Å². The van der Waals surface area contributed by atoms with Crippen LogP contribution in [0.25, 0.3) is 22.2 Å². The van der Waals surface area contributed by atoms with Gasteiger partial charge in [0.2, 0.25) is 15.9 Å². The van der Waals surface area contributed by atoms with Crippen molar-refractivity contribution in [1.29, 1.82) is 0 Å². The standard InChI is InChI=1S/C39H50N4O5S/c1-5-29(6-2)49(46,47)40-37(44)25-12-16-31-34(18-25)42-23-39(38(45)43-26-13-14-27(43)22-41(3)21-26)20-33(39)32-19-28(48-4)15-17-30(32)36(42)35(31)24-10-8-7-9-11-24/h12,15-19,24,26-27,29,33H,5-11,13-14,20-23H2,1-4H3,(H,40,44)/t26?,27?,33-,39+/m0/s1. The maximum absolute atomic E-state index is 15.0. The average Bonchev–Trinajstić information content (AvgIpc) is 3.68. The number of carbonyl (C=O) groups is 2. The van der Waals surface area contributed by atoms with Crippen LogP contribution in [0.5, 0.6) is 5.75 Å². The van der Waals surface area contributed by atoms with Crippen molar-refractivity contribution in [2.75, 3.05) is 27.2 Å². The highest BCUT2D eigenvalue weighted by atomic mass is 32.2. The van der Waals surface area contributed by atoms with Gasteiger partial charge in [0.25, 0.3) is 5.91 Å². The van der Waals surface area contributed by atoms with Gasteiger partial charge in [-0.25, -0.2) is 13.1 Å². The minimum atomic E-state index is -3.82. The SMILES string of the molecule is CCC(CC)S(=O)(=O)NC(=O)c1ccc2c(C3CCCCC3)c3n(c2c1)C[C@]1(C(=O)N2C4CCC2CN(C)C4)C[C@H]1c1cc(OC)ccc1-3. The normalized spacial score (nSPS) is 26.6. The van der Waals surface area contributed by atoms with Crippen LogP contribution in [0, 0.1) is 5.41 Å². The Kier molecular flexibility index (Phi) is 8.13. The highest BCUT2D eigenvalue weighted by Gasteiger charge is 2.65. The predicted octanol–water partition coefficient (Wildman–Crippen LogP) is 6.41. The maximum Gasteiger partial charge on any atom is 0.264 e. The Hall–Kier alpha value is -3.37. The summed E-state index contributed by atoms with van der Waals surface area (Å²) in [6.45, 7) is 6.02. The van der Waals surface area contributed by atoms with Gasteiger partial charge in [0.15, 0.2) is 0 Å². The summed E-state index contributed by atoms with van der Waals surface area (Å²) in [6, 6.07) is 12.5. The number of amides is 2. The van der Waals surface area contributed by atoms with Crippen LogP contribution >= 0.6 is 0 Å². The molecule has 0 spiro atoms. The van der Waals surface area contributed by atoms with Crippen LogP contribution in [0.1, 0.15) is 111 Å². The summed E-state index contributed by atoms with van der Waals surface area (Å²) in [6.07, 6.45) is 9.55. The second-order valence-corrected chi connectivity index (χ2v) is 17.5. The first-order chi connectivity index (χ1) is 23.6. The van der Waals surface area contributed by atoms with Gasteiger partial charge in [-0.2, -0.15) is 0 Å². The summed E-state index contributed by atoms with van der Waals surface area (Å²) in [7, 11) is 0.0406. The Bertz CT molecular complexity index is 1910. The molecular weight excluding hydrogens is 637 g/mol. The molecule has 10 heteroatoms. The summed E-state index contributed by atoms with van der Waals surface area (Å²) >= 11 is 0. The summed E-state index contributed by atoms with van der Waals surface area (Å²) < 4.78 is 36.7. The molecule has 2 aromatic carbocycles. The Morgan fingerprint density at radius 2 is 1.69 bits per heavy atom. The van der Waals surface area contributed by atoms with Gasteiger partial charge < -0.3 is 19.1 Å². The second-order valence-electron chi connectivity index (χ2n) is 15.5. The largest absolute Gasteiger partial charge is 0.497 e. The first-order valence-corrected chi connectivity index (χ1v) is 20.1. The number of nitrogens with zero attached hydrogens (tertiary/aromatic N) is 3. The number of hydrogen-bond donors (Lipinski definition) is 1. The van der Waals surface area contributed by atoms with E-state index in [9.17, 15) is 13.2 Å². The first-order valence-electron chi connectivity index (χ1n) is 18.5. The third kappa shape index (κ3) is 5.22. The van der Waals surface area contributed by atoms with Gasteiger partial charge in [0.1, 0.15) is 5.75 Å². The molecule has 2 bridgehead atoms. The molecule has 49 heavy (non-hydrogen) atoms. The van der Waals surface area contributed by atoms with Gasteiger partial charge in [-0.1, -0.05) is 39.2 Å². The first kappa shape index (κ1) is 32.8. The Morgan fingerprint density at radius 3 is 2.37 bits per heavy atom. The van der Waals surface area contributed by atoms with Gasteiger partial charge in [-0.05, 0) is 99.4 Å². The molecule has 4 fully saturated rings. The zero-order chi connectivity index (χ0) is 34.2. The number of fused-ring (bicyclic) bond motifs is 9. The number of aromatic nitrogens is 1. The minimum absolute atomic E-state index is 0.0787. The molecule has 4 heterocycles. The fourth-order valence-corrected chi connectivity index (χ4v) is 11.5. The number of hydrogen-bond acceptors (Lipinski definition) is 6. The van der Waals surface area contributed by atoms with Crippen LogP contribution in [0.3, 0.4) is 0 Å². The monoisotopic (exact) mass is 686 g/mol. The number of sulfonamides is 1. The van der Waals surface area contributed by atoms with Crippen molar-refractivity contribution in [2.24, 2.45) is 5.41 Å². The smallest absolute Gasteiger partial charge is 0.264 e. The van der Waals surface area contributed by atoms with Crippen molar-refractivity contribution >= 4 is 32.7 Å². The van der Waals surface area contributed by atoms with E-state index in [1.54, 1.807) is 13.2 Å². The molecule has 2 saturated carbocycles. The molecular formula is C39H50N4O5S. The zero-order valence-electron chi connectivity index (χ0n) is 29.3. The van der Waals surface area contributed by atoms with E-state index in [4.69, 9.17) is 4.74 Å². The Balaban J connectivity index is 1.30. The lowest BCUT2D eigenvalue weighted by molar-refractivity contribution is -0.143.